The minimum atomic E-state index is 0.970. The van der Waals surface area contributed by atoms with Crippen molar-refractivity contribution in [2.24, 2.45) is 4.99 Å². The SMILES string of the molecule is C=C1C(=NC)C=CN1C. The van der Waals surface area contributed by atoms with Crippen LogP contribution in [0.15, 0.2) is 29.5 Å². The largest absolute Gasteiger partial charge is 0.350 e. The van der Waals surface area contributed by atoms with Gasteiger partial charge in [-0.05, 0) is 6.08 Å². The zero-order valence-electron chi connectivity index (χ0n) is 5.76. The number of allylic oxidation sites excluding steroid dienone is 1. The lowest BCUT2D eigenvalue weighted by atomic mass is 10.3. The summed E-state index contributed by atoms with van der Waals surface area (Å²) in [5.41, 5.74) is 1.94. The smallest absolute Gasteiger partial charge is 0.0815 e. The number of hydrogen-bond acceptors (Lipinski definition) is 2. The average Bonchev–Trinajstić information content (AvgIpc) is 2.15. The lowest BCUT2D eigenvalue weighted by Gasteiger charge is -2.07. The van der Waals surface area contributed by atoms with Gasteiger partial charge >= 0.3 is 0 Å². The van der Waals surface area contributed by atoms with E-state index in [2.05, 4.69) is 11.6 Å². The van der Waals surface area contributed by atoms with Crippen LogP contribution in [0.5, 0.6) is 0 Å². The average molecular weight is 122 g/mol. The Morgan fingerprint density at radius 1 is 1.67 bits per heavy atom. The first-order valence-corrected chi connectivity index (χ1v) is 2.83. The van der Waals surface area contributed by atoms with Gasteiger partial charge in [-0.2, -0.15) is 0 Å². The molecule has 0 aromatic rings. The second-order valence-electron chi connectivity index (χ2n) is 1.98. The first-order chi connectivity index (χ1) is 4.25. The van der Waals surface area contributed by atoms with E-state index >= 15 is 0 Å². The highest BCUT2D eigenvalue weighted by molar-refractivity contribution is 6.09. The highest BCUT2D eigenvalue weighted by Gasteiger charge is 2.09. The van der Waals surface area contributed by atoms with Crippen LogP contribution in [0.25, 0.3) is 0 Å². The number of hydrogen-bond donors (Lipinski definition) is 0. The van der Waals surface area contributed by atoms with Crippen LogP contribution in [-0.4, -0.2) is 24.7 Å². The molecule has 0 atom stereocenters. The van der Waals surface area contributed by atoms with E-state index in [0.717, 1.165) is 11.4 Å². The highest BCUT2D eigenvalue weighted by Crippen LogP contribution is 2.10. The van der Waals surface area contributed by atoms with Crippen molar-refractivity contribution in [3.63, 3.8) is 0 Å². The lowest BCUT2D eigenvalue weighted by molar-refractivity contribution is 0.615. The van der Waals surface area contributed by atoms with Crippen LogP contribution in [0.3, 0.4) is 0 Å². The van der Waals surface area contributed by atoms with Gasteiger partial charge in [-0.3, -0.25) is 4.99 Å². The Morgan fingerprint density at radius 3 is 2.56 bits per heavy atom. The fourth-order valence-electron chi connectivity index (χ4n) is 0.753. The predicted octanol–water partition coefficient (Wildman–Crippen LogP) is 1.03. The van der Waals surface area contributed by atoms with Crippen LogP contribution in [0.2, 0.25) is 0 Å². The van der Waals surface area contributed by atoms with Gasteiger partial charge in [-0.25, -0.2) is 0 Å². The second kappa shape index (κ2) is 2.05. The highest BCUT2D eigenvalue weighted by atomic mass is 15.1. The molecule has 1 heterocycles. The molecular weight excluding hydrogens is 112 g/mol. The summed E-state index contributed by atoms with van der Waals surface area (Å²) in [6, 6.07) is 0. The molecule has 1 rings (SSSR count). The van der Waals surface area contributed by atoms with Gasteiger partial charge in [0.15, 0.2) is 0 Å². The van der Waals surface area contributed by atoms with E-state index in [1.54, 1.807) is 7.05 Å². The molecule has 0 fully saturated rings. The van der Waals surface area contributed by atoms with Crippen molar-refractivity contribution in [3.8, 4) is 0 Å². The minimum absolute atomic E-state index is 0.970. The summed E-state index contributed by atoms with van der Waals surface area (Å²) in [5, 5.41) is 0. The van der Waals surface area contributed by atoms with Gasteiger partial charge < -0.3 is 4.90 Å². The fourth-order valence-corrected chi connectivity index (χ4v) is 0.753. The minimum Gasteiger partial charge on any atom is -0.350 e. The van der Waals surface area contributed by atoms with Crippen molar-refractivity contribution in [1.29, 1.82) is 0 Å². The molecule has 0 saturated carbocycles. The zero-order chi connectivity index (χ0) is 6.85. The molecule has 0 aliphatic carbocycles. The van der Waals surface area contributed by atoms with Crippen LogP contribution < -0.4 is 0 Å². The van der Waals surface area contributed by atoms with Crippen LogP contribution in [-0.2, 0) is 0 Å². The summed E-state index contributed by atoms with van der Waals surface area (Å²) < 4.78 is 0. The molecule has 2 nitrogen and oxygen atoms in total. The molecule has 9 heavy (non-hydrogen) atoms. The third-order valence-electron chi connectivity index (χ3n) is 1.42. The fraction of sp³-hybridized carbons (Fsp3) is 0.286. The molecule has 1 aliphatic heterocycles. The third-order valence-corrected chi connectivity index (χ3v) is 1.42. The standard InChI is InChI=1S/C7H10N2/c1-6-7(8-2)4-5-9(6)3/h4-5H,1H2,2-3H3. The van der Waals surface area contributed by atoms with Gasteiger partial charge in [0.1, 0.15) is 0 Å². The van der Waals surface area contributed by atoms with Crippen molar-refractivity contribution in [2.45, 2.75) is 0 Å². The molecular formula is C7H10N2. The molecule has 0 bridgehead atoms. The summed E-state index contributed by atoms with van der Waals surface area (Å²) in [5.74, 6) is 0. The van der Waals surface area contributed by atoms with Gasteiger partial charge in [0.2, 0.25) is 0 Å². The van der Waals surface area contributed by atoms with Gasteiger partial charge in [-0.15, -0.1) is 0 Å². The van der Waals surface area contributed by atoms with Crippen molar-refractivity contribution < 1.29 is 0 Å². The molecule has 0 amide bonds. The van der Waals surface area contributed by atoms with Gasteiger partial charge in [0.25, 0.3) is 0 Å². The third kappa shape index (κ3) is 0.875. The predicted molar refractivity (Wildman–Crippen MR) is 39.4 cm³/mol. The van der Waals surface area contributed by atoms with E-state index in [4.69, 9.17) is 0 Å². The van der Waals surface area contributed by atoms with Crippen molar-refractivity contribution in [1.82, 2.24) is 4.90 Å². The quantitative estimate of drug-likeness (QED) is 0.468. The van der Waals surface area contributed by atoms with E-state index in [1.807, 2.05) is 24.2 Å². The van der Waals surface area contributed by atoms with E-state index in [9.17, 15) is 0 Å². The molecule has 0 aromatic carbocycles. The normalized spacial score (nSPS) is 22.2. The van der Waals surface area contributed by atoms with Crippen molar-refractivity contribution in [3.05, 3.63) is 24.6 Å². The first-order valence-electron chi connectivity index (χ1n) is 2.83. The Bertz CT molecular complexity index is 189. The Kier molecular flexibility index (Phi) is 1.39. The molecule has 0 spiro atoms. The Balaban J connectivity index is 2.86. The Labute approximate surface area is 55.2 Å². The van der Waals surface area contributed by atoms with Gasteiger partial charge in [-0.1, -0.05) is 6.58 Å². The molecule has 0 saturated heterocycles. The summed E-state index contributed by atoms with van der Waals surface area (Å²) in [6.07, 6.45) is 3.90. The maximum absolute atomic E-state index is 4.01. The van der Waals surface area contributed by atoms with Crippen LogP contribution in [0, 0.1) is 0 Å². The zero-order valence-corrected chi connectivity index (χ0v) is 5.76. The van der Waals surface area contributed by atoms with E-state index in [-0.39, 0.29) is 0 Å². The topological polar surface area (TPSA) is 15.6 Å². The maximum Gasteiger partial charge on any atom is 0.0815 e. The molecule has 0 N–H and O–H groups in total. The first kappa shape index (κ1) is 6.08. The number of rotatable bonds is 0. The molecule has 1 aliphatic rings. The molecule has 48 valence electrons. The van der Waals surface area contributed by atoms with E-state index in [0.29, 0.717) is 0 Å². The Morgan fingerprint density at radius 2 is 2.33 bits per heavy atom. The molecule has 2 heteroatoms. The van der Waals surface area contributed by atoms with Gasteiger partial charge in [0.05, 0.1) is 11.4 Å². The summed E-state index contributed by atoms with van der Waals surface area (Å²) >= 11 is 0. The second-order valence-corrected chi connectivity index (χ2v) is 1.98. The summed E-state index contributed by atoms with van der Waals surface area (Å²) in [7, 11) is 3.72. The summed E-state index contributed by atoms with van der Waals surface area (Å²) in [4.78, 5) is 5.95. The van der Waals surface area contributed by atoms with Crippen molar-refractivity contribution >= 4 is 5.71 Å². The van der Waals surface area contributed by atoms with E-state index in [1.165, 1.54) is 0 Å². The monoisotopic (exact) mass is 122 g/mol. The Hall–Kier alpha value is -1.05. The summed E-state index contributed by atoms with van der Waals surface area (Å²) in [6.45, 7) is 3.82. The lowest BCUT2D eigenvalue weighted by Crippen LogP contribution is -2.07. The number of nitrogens with zero attached hydrogens (tertiary/aromatic N) is 2. The van der Waals surface area contributed by atoms with Crippen LogP contribution >= 0.6 is 0 Å². The molecule has 0 unspecified atom stereocenters. The van der Waals surface area contributed by atoms with Crippen LogP contribution in [0.1, 0.15) is 0 Å². The molecule has 0 radical (unpaired) electrons. The van der Waals surface area contributed by atoms with Gasteiger partial charge in [0, 0.05) is 20.3 Å². The van der Waals surface area contributed by atoms with Crippen molar-refractivity contribution in [2.75, 3.05) is 14.1 Å². The number of aliphatic imine (C=N–C) groups is 1. The van der Waals surface area contributed by atoms with E-state index < -0.39 is 0 Å². The van der Waals surface area contributed by atoms with Crippen LogP contribution in [0.4, 0.5) is 0 Å². The molecule has 0 aromatic heterocycles. The maximum atomic E-state index is 4.01.